The quantitative estimate of drug-likeness (QED) is 0.737. The third kappa shape index (κ3) is 3.30. The second-order valence-electron chi connectivity index (χ2n) is 2.83. The van der Waals surface area contributed by atoms with Gasteiger partial charge in [0.2, 0.25) is 0 Å². The number of alkyl halides is 2. The molecule has 0 unspecified atom stereocenters. The van der Waals surface area contributed by atoms with E-state index in [2.05, 4.69) is 5.32 Å². The lowest BCUT2D eigenvalue weighted by atomic mass is 10.2. The molecule has 0 fully saturated rings. The molecule has 0 heterocycles. The van der Waals surface area contributed by atoms with Crippen molar-refractivity contribution in [2.45, 2.75) is 6.43 Å². The monoisotopic (exact) mass is 201 g/mol. The predicted molar refractivity (Wildman–Crippen MR) is 50.8 cm³/mol. The highest BCUT2D eigenvalue weighted by Crippen LogP contribution is 2.22. The summed E-state index contributed by atoms with van der Waals surface area (Å²) in [5, 5.41) is 2.90. The summed E-state index contributed by atoms with van der Waals surface area (Å²) < 4.78 is 29.8. The average Bonchev–Trinajstić information content (AvgIpc) is 2.19. The van der Waals surface area contributed by atoms with Gasteiger partial charge in [-0.1, -0.05) is 12.1 Å². The second-order valence-corrected chi connectivity index (χ2v) is 2.83. The number of ether oxygens (including phenoxy) is 1. The zero-order valence-electron chi connectivity index (χ0n) is 7.97. The first-order chi connectivity index (χ1) is 6.74. The minimum absolute atomic E-state index is 0.00745. The van der Waals surface area contributed by atoms with E-state index in [4.69, 9.17) is 4.74 Å². The SMILES string of the molecule is CNCCOc1cccc(C(F)F)c1. The van der Waals surface area contributed by atoms with Crippen molar-refractivity contribution >= 4 is 0 Å². The van der Waals surface area contributed by atoms with Crippen LogP contribution in [-0.4, -0.2) is 20.2 Å². The number of rotatable bonds is 5. The van der Waals surface area contributed by atoms with Gasteiger partial charge in [-0.15, -0.1) is 0 Å². The van der Waals surface area contributed by atoms with E-state index in [1.807, 2.05) is 0 Å². The third-order valence-electron chi connectivity index (χ3n) is 1.73. The standard InChI is InChI=1S/C10H13F2NO/c1-13-5-6-14-9-4-2-3-8(7-9)10(11)12/h2-4,7,10,13H,5-6H2,1H3. The van der Waals surface area contributed by atoms with Crippen molar-refractivity contribution in [1.82, 2.24) is 5.32 Å². The van der Waals surface area contributed by atoms with Crippen LogP contribution in [0.5, 0.6) is 5.75 Å². The lowest BCUT2D eigenvalue weighted by Gasteiger charge is -2.07. The van der Waals surface area contributed by atoms with Crippen LogP contribution in [0, 0.1) is 0 Å². The summed E-state index contributed by atoms with van der Waals surface area (Å²) in [7, 11) is 1.80. The van der Waals surface area contributed by atoms with E-state index in [1.165, 1.54) is 12.1 Å². The van der Waals surface area contributed by atoms with Gasteiger partial charge in [0.1, 0.15) is 12.4 Å². The first-order valence-electron chi connectivity index (χ1n) is 4.39. The molecule has 0 aliphatic rings. The van der Waals surface area contributed by atoms with Crippen molar-refractivity contribution in [2.24, 2.45) is 0 Å². The van der Waals surface area contributed by atoms with E-state index in [9.17, 15) is 8.78 Å². The highest BCUT2D eigenvalue weighted by atomic mass is 19.3. The van der Waals surface area contributed by atoms with Crippen LogP contribution in [0.3, 0.4) is 0 Å². The second kappa shape index (κ2) is 5.54. The molecule has 0 radical (unpaired) electrons. The molecule has 0 bridgehead atoms. The van der Waals surface area contributed by atoms with Crippen LogP contribution in [0.1, 0.15) is 12.0 Å². The molecule has 0 aliphatic carbocycles. The Bertz CT molecular complexity index is 279. The summed E-state index contributed by atoms with van der Waals surface area (Å²) >= 11 is 0. The Morgan fingerprint density at radius 3 is 2.86 bits per heavy atom. The minimum Gasteiger partial charge on any atom is -0.492 e. The van der Waals surface area contributed by atoms with E-state index in [0.717, 1.165) is 0 Å². The van der Waals surface area contributed by atoms with E-state index in [-0.39, 0.29) is 5.56 Å². The summed E-state index contributed by atoms with van der Waals surface area (Å²) in [6.07, 6.45) is -2.44. The molecule has 0 atom stereocenters. The molecule has 0 saturated carbocycles. The number of benzene rings is 1. The van der Waals surface area contributed by atoms with Crippen LogP contribution < -0.4 is 10.1 Å². The maximum atomic E-state index is 12.3. The number of hydrogen-bond donors (Lipinski definition) is 1. The summed E-state index contributed by atoms with van der Waals surface area (Å²) in [5.74, 6) is 0.484. The van der Waals surface area contributed by atoms with Gasteiger partial charge in [0.25, 0.3) is 6.43 Å². The third-order valence-corrected chi connectivity index (χ3v) is 1.73. The van der Waals surface area contributed by atoms with E-state index in [0.29, 0.717) is 18.9 Å². The lowest BCUT2D eigenvalue weighted by Crippen LogP contribution is -2.15. The van der Waals surface area contributed by atoms with Gasteiger partial charge in [-0.2, -0.15) is 0 Å². The molecule has 0 saturated heterocycles. The Morgan fingerprint density at radius 2 is 2.21 bits per heavy atom. The van der Waals surface area contributed by atoms with Crippen LogP contribution in [0.15, 0.2) is 24.3 Å². The Hall–Kier alpha value is -1.16. The molecule has 0 spiro atoms. The van der Waals surface area contributed by atoms with Crippen LogP contribution in [0.25, 0.3) is 0 Å². The molecule has 1 N–H and O–H groups in total. The van der Waals surface area contributed by atoms with Crippen molar-refractivity contribution in [2.75, 3.05) is 20.2 Å². The van der Waals surface area contributed by atoms with Crippen molar-refractivity contribution in [3.63, 3.8) is 0 Å². The maximum Gasteiger partial charge on any atom is 0.263 e. The molecule has 14 heavy (non-hydrogen) atoms. The largest absolute Gasteiger partial charge is 0.492 e. The van der Waals surface area contributed by atoms with Crippen LogP contribution in [0.4, 0.5) is 8.78 Å². The highest BCUT2D eigenvalue weighted by Gasteiger charge is 2.06. The van der Waals surface area contributed by atoms with Crippen molar-refractivity contribution in [1.29, 1.82) is 0 Å². The molecule has 4 heteroatoms. The van der Waals surface area contributed by atoms with Gasteiger partial charge in [0, 0.05) is 12.1 Å². The van der Waals surface area contributed by atoms with Gasteiger partial charge in [-0.05, 0) is 19.2 Å². The normalized spacial score (nSPS) is 10.6. The summed E-state index contributed by atoms with van der Waals surface area (Å²) in [6.45, 7) is 1.17. The highest BCUT2D eigenvalue weighted by molar-refractivity contribution is 5.29. The van der Waals surface area contributed by atoms with Crippen molar-refractivity contribution in [3.8, 4) is 5.75 Å². The minimum atomic E-state index is -2.44. The van der Waals surface area contributed by atoms with Crippen molar-refractivity contribution < 1.29 is 13.5 Å². The smallest absolute Gasteiger partial charge is 0.263 e. The van der Waals surface area contributed by atoms with Crippen LogP contribution >= 0.6 is 0 Å². The van der Waals surface area contributed by atoms with E-state index < -0.39 is 6.43 Å². The Morgan fingerprint density at radius 1 is 1.43 bits per heavy atom. The van der Waals surface area contributed by atoms with Gasteiger partial charge in [-0.3, -0.25) is 0 Å². The van der Waals surface area contributed by atoms with Crippen LogP contribution in [-0.2, 0) is 0 Å². The van der Waals surface area contributed by atoms with Gasteiger partial charge in [0.05, 0.1) is 0 Å². The van der Waals surface area contributed by atoms with E-state index >= 15 is 0 Å². The number of halogens is 2. The molecule has 0 amide bonds. The van der Waals surface area contributed by atoms with Crippen LogP contribution in [0.2, 0.25) is 0 Å². The fourth-order valence-electron chi connectivity index (χ4n) is 1.01. The van der Waals surface area contributed by atoms with Gasteiger partial charge in [-0.25, -0.2) is 8.78 Å². The summed E-state index contributed by atoms with van der Waals surface area (Å²) in [4.78, 5) is 0. The van der Waals surface area contributed by atoms with Gasteiger partial charge < -0.3 is 10.1 Å². The molecule has 1 aromatic rings. The fraction of sp³-hybridized carbons (Fsp3) is 0.400. The topological polar surface area (TPSA) is 21.3 Å². The predicted octanol–water partition coefficient (Wildman–Crippen LogP) is 2.22. The molecule has 0 aliphatic heterocycles. The molecule has 2 nitrogen and oxygen atoms in total. The molecule has 1 rings (SSSR count). The Kier molecular flexibility index (Phi) is 4.32. The molecular weight excluding hydrogens is 188 g/mol. The summed E-state index contributed by atoms with van der Waals surface area (Å²) in [5.41, 5.74) is -0.00745. The Labute approximate surface area is 81.9 Å². The van der Waals surface area contributed by atoms with Gasteiger partial charge in [0.15, 0.2) is 0 Å². The zero-order valence-corrected chi connectivity index (χ0v) is 7.97. The summed E-state index contributed by atoms with van der Waals surface area (Å²) in [6, 6.07) is 5.98. The number of likely N-dealkylation sites (N-methyl/N-ethyl adjacent to an activating group) is 1. The number of hydrogen-bond acceptors (Lipinski definition) is 2. The fourth-order valence-corrected chi connectivity index (χ4v) is 1.01. The molecular formula is C10H13F2NO. The first-order valence-corrected chi connectivity index (χ1v) is 4.39. The Balaban J connectivity index is 2.55. The zero-order chi connectivity index (χ0) is 10.4. The lowest BCUT2D eigenvalue weighted by molar-refractivity contribution is 0.151. The number of nitrogens with one attached hydrogen (secondary N) is 1. The molecule has 78 valence electrons. The maximum absolute atomic E-state index is 12.3. The van der Waals surface area contributed by atoms with E-state index in [1.54, 1.807) is 19.2 Å². The molecule has 1 aromatic carbocycles. The van der Waals surface area contributed by atoms with Crippen molar-refractivity contribution in [3.05, 3.63) is 29.8 Å². The molecule has 0 aromatic heterocycles. The first kappa shape index (κ1) is 10.9. The average molecular weight is 201 g/mol. The van der Waals surface area contributed by atoms with Gasteiger partial charge >= 0.3 is 0 Å².